The van der Waals surface area contributed by atoms with E-state index in [1.165, 1.54) is 12.1 Å². The first-order valence-electron chi connectivity index (χ1n) is 6.43. The van der Waals surface area contributed by atoms with Crippen molar-refractivity contribution in [2.24, 2.45) is 11.7 Å². The van der Waals surface area contributed by atoms with E-state index in [-0.39, 0.29) is 18.4 Å². The number of nitrogens with zero attached hydrogens (tertiary/aromatic N) is 1. The van der Waals surface area contributed by atoms with Crippen LogP contribution < -0.4 is 5.73 Å². The van der Waals surface area contributed by atoms with Gasteiger partial charge in [0.25, 0.3) is 0 Å². The van der Waals surface area contributed by atoms with Crippen molar-refractivity contribution in [1.82, 2.24) is 4.90 Å². The monoisotopic (exact) mass is 290 g/mol. The van der Waals surface area contributed by atoms with Crippen molar-refractivity contribution < 1.29 is 8.78 Å². The van der Waals surface area contributed by atoms with Gasteiger partial charge in [0, 0.05) is 30.3 Å². The Morgan fingerprint density at radius 1 is 1.42 bits per heavy atom. The highest BCUT2D eigenvalue weighted by Crippen LogP contribution is 2.32. The summed E-state index contributed by atoms with van der Waals surface area (Å²) in [6, 6.07) is 4.15. The SMILES string of the molecule is CC1CC(CN)CN1C(C)c1ccc(F)cc1F.Cl. The van der Waals surface area contributed by atoms with Crippen LogP contribution in [0.2, 0.25) is 0 Å². The largest absolute Gasteiger partial charge is 0.330 e. The van der Waals surface area contributed by atoms with Crippen LogP contribution in [0, 0.1) is 17.6 Å². The third kappa shape index (κ3) is 3.44. The molecule has 1 aliphatic rings. The van der Waals surface area contributed by atoms with Gasteiger partial charge in [-0.15, -0.1) is 12.4 Å². The zero-order valence-electron chi connectivity index (χ0n) is 11.3. The highest BCUT2D eigenvalue weighted by molar-refractivity contribution is 5.85. The molecule has 2 nitrogen and oxygen atoms in total. The van der Waals surface area contributed by atoms with Crippen molar-refractivity contribution >= 4 is 12.4 Å². The van der Waals surface area contributed by atoms with Gasteiger partial charge >= 0.3 is 0 Å². The molecule has 0 bridgehead atoms. The number of nitrogens with two attached hydrogens (primary N) is 1. The first-order chi connectivity index (χ1) is 8.52. The van der Waals surface area contributed by atoms with E-state index in [1.54, 1.807) is 0 Å². The Bertz CT molecular complexity index is 428. The van der Waals surface area contributed by atoms with Gasteiger partial charge in [0.15, 0.2) is 0 Å². The topological polar surface area (TPSA) is 29.3 Å². The molecule has 3 unspecified atom stereocenters. The van der Waals surface area contributed by atoms with Crippen molar-refractivity contribution in [2.45, 2.75) is 32.4 Å². The average molecular weight is 291 g/mol. The Kier molecular flexibility index (Phi) is 5.71. The van der Waals surface area contributed by atoms with Gasteiger partial charge in [-0.05, 0) is 38.8 Å². The molecule has 19 heavy (non-hydrogen) atoms. The van der Waals surface area contributed by atoms with E-state index in [4.69, 9.17) is 5.73 Å². The molecular weight excluding hydrogens is 270 g/mol. The van der Waals surface area contributed by atoms with Crippen LogP contribution in [0.25, 0.3) is 0 Å². The number of halogens is 3. The van der Waals surface area contributed by atoms with E-state index in [0.29, 0.717) is 24.1 Å². The molecule has 1 fully saturated rings. The number of benzene rings is 1. The zero-order chi connectivity index (χ0) is 13.3. The Labute approximate surface area is 119 Å². The third-order valence-electron chi connectivity index (χ3n) is 3.95. The molecule has 1 aromatic rings. The normalized spacial score (nSPS) is 25.1. The van der Waals surface area contributed by atoms with Crippen LogP contribution in [0.15, 0.2) is 18.2 Å². The van der Waals surface area contributed by atoms with Gasteiger partial charge in [-0.3, -0.25) is 4.90 Å². The highest BCUT2D eigenvalue weighted by atomic mass is 35.5. The predicted molar refractivity (Wildman–Crippen MR) is 75.4 cm³/mol. The van der Waals surface area contributed by atoms with Crippen LogP contribution in [-0.2, 0) is 0 Å². The maximum Gasteiger partial charge on any atom is 0.130 e. The lowest BCUT2D eigenvalue weighted by Gasteiger charge is -2.29. The molecule has 0 aromatic heterocycles. The van der Waals surface area contributed by atoms with Gasteiger partial charge in [-0.2, -0.15) is 0 Å². The van der Waals surface area contributed by atoms with Crippen LogP contribution in [0.4, 0.5) is 8.78 Å². The van der Waals surface area contributed by atoms with Crippen LogP contribution in [0.5, 0.6) is 0 Å². The Morgan fingerprint density at radius 3 is 2.63 bits per heavy atom. The predicted octanol–water partition coefficient (Wildman–Crippen LogP) is 3.12. The lowest BCUT2D eigenvalue weighted by molar-refractivity contribution is 0.197. The highest BCUT2D eigenvalue weighted by Gasteiger charge is 2.32. The molecule has 2 rings (SSSR count). The summed E-state index contributed by atoms with van der Waals surface area (Å²) in [6.07, 6.45) is 1.05. The Morgan fingerprint density at radius 2 is 2.11 bits per heavy atom. The molecule has 0 saturated carbocycles. The van der Waals surface area contributed by atoms with Crippen LogP contribution in [0.3, 0.4) is 0 Å². The number of rotatable bonds is 3. The summed E-state index contributed by atoms with van der Waals surface area (Å²) in [5, 5.41) is 0. The second-order valence-corrected chi connectivity index (χ2v) is 5.23. The summed E-state index contributed by atoms with van der Waals surface area (Å²) >= 11 is 0. The molecule has 1 aromatic carbocycles. The smallest absolute Gasteiger partial charge is 0.130 e. The van der Waals surface area contributed by atoms with Crippen molar-refractivity contribution in [3.05, 3.63) is 35.4 Å². The van der Waals surface area contributed by atoms with Gasteiger partial charge in [0.1, 0.15) is 11.6 Å². The van der Waals surface area contributed by atoms with E-state index >= 15 is 0 Å². The first kappa shape index (κ1) is 16.3. The molecule has 5 heteroatoms. The summed E-state index contributed by atoms with van der Waals surface area (Å²) in [4.78, 5) is 2.24. The number of hydrogen-bond acceptors (Lipinski definition) is 2. The second kappa shape index (κ2) is 6.64. The van der Waals surface area contributed by atoms with Crippen LogP contribution in [0.1, 0.15) is 31.9 Å². The fraction of sp³-hybridized carbons (Fsp3) is 0.571. The van der Waals surface area contributed by atoms with E-state index in [1.807, 2.05) is 6.92 Å². The minimum Gasteiger partial charge on any atom is -0.330 e. The standard InChI is InChI=1S/C14H20F2N2.ClH/c1-9-5-11(7-17)8-18(9)10(2)13-4-3-12(15)6-14(13)16;/h3-4,6,9-11H,5,7-8,17H2,1-2H3;1H. The van der Waals surface area contributed by atoms with E-state index in [9.17, 15) is 8.78 Å². The van der Waals surface area contributed by atoms with Crippen molar-refractivity contribution in [2.75, 3.05) is 13.1 Å². The van der Waals surface area contributed by atoms with E-state index in [2.05, 4.69) is 11.8 Å². The minimum atomic E-state index is -0.530. The van der Waals surface area contributed by atoms with Gasteiger partial charge in [-0.25, -0.2) is 8.78 Å². The van der Waals surface area contributed by atoms with Crippen LogP contribution >= 0.6 is 12.4 Å². The Balaban J connectivity index is 0.00000180. The molecule has 1 aliphatic heterocycles. The molecule has 1 saturated heterocycles. The summed E-state index contributed by atoms with van der Waals surface area (Å²) < 4.78 is 26.7. The van der Waals surface area contributed by atoms with Gasteiger partial charge in [0.05, 0.1) is 0 Å². The number of likely N-dealkylation sites (tertiary alicyclic amines) is 1. The maximum atomic E-state index is 13.8. The van der Waals surface area contributed by atoms with E-state index < -0.39 is 11.6 Å². The maximum absolute atomic E-state index is 13.8. The summed E-state index contributed by atoms with van der Waals surface area (Å²) in [5.41, 5.74) is 6.25. The summed E-state index contributed by atoms with van der Waals surface area (Å²) in [7, 11) is 0. The summed E-state index contributed by atoms with van der Waals surface area (Å²) in [6.45, 7) is 5.65. The van der Waals surface area contributed by atoms with Gasteiger partial charge < -0.3 is 5.73 Å². The van der Waals surface area contributed by atoms with Gasteiger partial charge in [-0.1, -0.05) is 6.07 Å². The second-order valence-electron chi connectivity index (χ2n) is 5.23. The molecule has 0 spiro atoms. The average Bonchev–Trinajstić information content (AvgIpc) is 2.70. The lowest BCUT2D eigenvalue weighted by atomic mass is 10.1. The third-order valence-corrected chi connectivity index (χ3v) is 3.95. The molecule has 3 atom stereocenters. The lowest BCUT2D eigenvalue weighted by Crippen LogP contribution is -2.31. The summed E-state index contributed by atoms with van der Waals surface area (Å²) in [5.74, 6) is -0.519. The molecule has 1 heterocycles. The molecule has 2 N–H and O–H groups in total. The fourth-order valence-electron chi connectivity index (χ4n) is 2.90. The van der Waals surface area contributed by atoms with Crippen molar-refractivity contribution in [3.63, 3.8) is 0 Å². The van der Waals surface area contributed by atoms with Crippen molar-refractivity contribution in [3.8, 4) is 0 Å². The molecule has 0 amide bonds. The molecule has 0 radical (unpaired) electrons. The quantitative estimate of drug-likeness (QED) is 0.927. The van der Waals surface area contributed by atoms with Gasteiger partial charge in [0.2, 0.25) is 0 Å². The fourth-order valence-corrected chi connectivity index (χ4v) is 2.90. The number of hydrogen-bond donors (Lipinski definition) is 1. The zero-order valence-corrected chi connectivity index (χ0v) is 12.1. The Hall–Kier alpha value is -0.710. The van der Waals surface area contributed by atoms with Crippen LogP contribution in [-0.4, -0.2) is 24.0 Å². The molecular formula is C14H21ClF2N2. The molecule has 0 aliphatic carbocycles. The van der Waals surface area contributed by atoms with E-state index in [0.717, 1.165) is 19.0 Å². The first-order valence-corrected chi connectivity index (χ1v) is 6.43. The minimum absolute atomic E-state index is 0. The van der Waals surface area contributed by atoms with Crippen molar-refractivity contribution in [1.29, 1.82) is 0 Å². The molecule has 108 valence electrons.